The summed E-state index contributed by atoms with van der Waals surface area (Å²) in [5.41, 5.74) is 9.90. The van der Waals surface area contributed by atoms with E-state index in [1.54, 1.807) is 23.8 Å². The van der Waals surface area contributed by atoms with Crippen molar-refractivity contribution in [3.8, 4) is 0 Å². The lowest BCUT2D eigenvalue weighted by molar-refractivity contribution is -0.174. The average Bonchev–Trinajstić information content (AvgIpc) is 3.20. The lowest BCUT2D eigenvalue weighted by Gasteiger charge is -2.15. The number of carbonyl (C=O) groups is 1. The SMILES string of the molecule is CNc1cc(/C(N)=N/N(N)CCOCC(F)(F)F)ccc1C.O=Cc1cnn2ccccc12. The fourth-order valence-electron chi connectivity index (χ4n) is 2.69. The standard InChI is InChI=1S/C13H20F3N5O.C8H6N2O/c1-9-3-4-10(7-11(9)19-2)12(17)20-21(18)5-6-22-8-13(14,15)16;11-6-7-5-9-10-4-2-1-3-8(7)10/h3-4,7,19H,5-6,8,18H2,1-2H3,(H2,17,20);1-6H. The fraction of sp³-hybridized carbons (Fsp3) is 0.286. The van der Waals surface area contributed by atoms with E-state index in [0.717, 1.165) is 28.2 Å². The van der Waals surface area contributed by atoms with Crippen LogP contribution < -0.4 is 16.9 Å². The van der Waals surface area contributed by atoms with Crippen LogP contribution in [0.1, 0.15) is 21.5 Å². The van der Waals surface area contributed by atoms with Crippen LogP contribution in [0, 0.1) is 6.92 Å². The van der Waals surface area contributed by atoms with Crippen LogP contribution in [0.25, 0.3) is 5.52 Å². The van der Waals surface area contributed by atoms with Crippen molar-refractivity contribution in [2.24, 2.45) is 16.7 Å². The van der Waals surface area contributed by atoms with Crippen LogP contribution >= 0.6 is 0 Å². The van der Waals surface area contributed by atoms with E-state index in [9.17, 15) is 18.0 Å². The molecule has 0 saturated carbocycles. The first kappa shape index (κ1) is 25.6. The number of nitrogens with one attached hydrogen (secondary N) is 1. The van der Waals surface area contributed by atoms with E-state index >= 15 is 0 Å². The topological polar surface area (TPSA) is 123 Å². The van der Waals surface area contributed by atoms with Crippen LogP contribution in [0.3, 0.4) is 0 Å². The van der Waals surface area contributed by atoms with Crippen molar-refractivity contribution >= 4 is 23.3 Å². The van der Waals surface area contributed by atoms with E-state index in [2.05, 4.69) is 20.3 Å². The highest BCUT2D eigenvalue weighted by atomic mass is 19.4. The number of alkyl halides is 3. The number of aryl methyl sites for hydroxylation is 1. The van der Waals surface area contributed by atoms with E-state index in [-0.39, 0.29) is 19.0 Å². The van der Waals surface area contributed by atoms with Crippen LogP contribution in [0.15, 0.2) is 53.9 Å². The maximum Gasteiger partial charge on any atom is 0.411 e. The molecule has 0 aliphatic carbocycles. The van der Waals surface area contributed by atoms with Crippen molar-refractivity contribution in [1.29, 1.82) is 0 Å². The van der Waals surface area contributed by atoms with Crippen LogP contribution in [0.4, 0.5) is 18.9 Å². The van der Waals surface area contributed by atoms with Gasteiger partial charge in [-0.05, 0) is 30.7 Å². The summed E-state index contributed by atoms with van der Waals surface area (Å²) >= 11 is 0. The molecule has 0 aliphatic rings. The highest BCUT2D eigenvalue weighted by molar-refractivity contribution is 5.98. The number of ether oxygens (including phenoxy) is 1. The summed E-state index contributed by atoms with van der Waals surface area (Å²) in [7, 11) is 1.78. The monoisotopic (exact) mass is 465 g/mol. The van der Waals surface area contributed by atoms with Crippen molar-refractivity contribution in [2.45, 2.75) is 13.1 Å². The number of hydrazine groups is 1. The average molecular weight is 465 g/mol. The van der Waals surface area contributed by atoms with Crippen molar-refractivity contribution in [3.63, 3.8) is 0 Å². The van der Waals surface area contributed by atoms with Gasteiger partial charge in [0.25, 0.3) is 0 Å². The molecule has 2 heterocycles. The third-order valence-corrected chi connectivity index (χ3v) is 4.35. The number of rotatable bonds is 8. The molecule has 0 radical (unpaired) electrons. The maximum absolute atomic E-state index is 11.9. The smallest absolute Gasteiger partial charge is 0.388 e. The van der Waals surface area contributed by atoms with Gasteiger partial charge < -0.3 is 15.8 Å². The molecular formula is C21H26F3N7O2. The van der Waals surface area contributed by atoms with Crippen molar-refractivity contribution in [2.75, 3.05) is 32.1 Å². The molecule has 0 bridgehead atoms. The molecule has 3 aromatic rings. The van der Waals surface area contributed by atoms with Gasteiger partial charge >= 0.3 is 6.18 Å². The van der Waals surface area contributed by atoms with Gasteiger partial charge in [-0.15, -0.1) is 5.10 Å². The molecule has 0 unspecified atom stereocenters. The number of hydrazone groups is 1. The van der Waals surface area contributed by atoms with Crippen molar-refractivity contribution in [1.82, 2.24) is 14.7 Å². The number of aldehydes is 1. The lowest BCUT2D eigenvalue weighted by atomic mass is 10.1. The number of nitrogens with two attached hydrogens (primary N) is 2. The number of nitrogens with zero attached hydrogens (tertiary/aromatic N) is 4. The molecule has 2 aromatic heterocycles. The van der Waals surface area contributed by atoms with Gasteiger partial charge in [0.2, 0.25) is 0 Å². The molecule has 1 aromatic carbocycles. The summed E-state index contributed by atoms with van der Waals surface area (Å²) < 4.78 is 41.8. The molecule has 0 amide bonds. The zero-order valence-electron chi connectivity index (χ0n) is 18.2. The number of benzene rings is 1. The molecule has 0 atom stereocenters. The Morgan fingerprint density at radius 2 is 2.09 bits per heavy atom. The Bertz CT molecular complexity index is 1080. The largest absolute Gasteiger partial charge is 0.411 e. The van der Waals surface area contributed by atoms with Crippen molar-refractivity contribution < 1.29 is 22.7 Å². The zero-order valence-corrected chi connectivity index (χ0v) is 18.2. The maximum atomic E-state index is 11.9. The highest BCUT2D eigenvalue weighted by Gasteiger charge is 2.27. The Kier molecular flexibility index (Phi) is 9.18. The zero-order chi connectivity index (χ0) is 24.4. The first-order valence-electron chi connectivity index (χ1n) is 9.81. The van der Waals surface area contributed by atoms with Gasteiger partial charge in [0, 0.05) is 24.5 Å². The van der Waals surface area contributed by atoms with Crippen molar-refractivity contribution in [3.05, 3.63) is 65.5 Å². The molecular weight excluding hydrogens is 439 g/mol. The van der Waals surface area contributed by atoms with Crippen LogP contribution in [-0.4, -0.2) is 59.8 Å². The van der Waals surface area contributed by atoms with Gasteiger partial charge in [-0.3, -0.25) is 4.79 Å². The van der Waals surface area contributed by atoms with E-state index in [1.165, 1.54) is 0 Å². The molecule has 0 aliphatic heterocycles. The number of amidine groups is 1. The summed E-state index contributed by atoms with van der Waals surface area (Å²) in [6.07, 6.45) is -0.180. The summed E-state index contributed by atoms with van der Waals surface area (Å²) in [6, 6.07) is 11.1. The molecule has 3 rings (SSSR count). The summed E-state index contributed by atoms with van der Waals surface area (Å²) in [5, 5.41) is 11.8. The number of hydrogen-bond acceptors (Lipinski definition) is 7. The van der Waals surface area contributed by atoms with Crippen LogP contribution in [-0.2, 0) is 4.74 Å². The number of carbonyl (C=O) groups excluding carboxylic acids is 1. The number of fused-ring (bicyclic) bond motifs is 1. The molecule has 12 heteroatoms. The van der Waals surface area contributed by atoms with E-state index in [0.29, 0.717) is 11.1 Å². The normalized spacial score (nSPS) is 11.6. The summed E-state index contributed by atoms with van der Waals surface area (Å²) in [4.78, 5) is 10.4. The first-order chi connectivity index (χ1) is 15.6. The molecule has 5 N–H and O–H groups in total. The summed E-state index contributed by atoms with van der Waals surface area (Å²) in [5.74, 6) is 5.71. The Morgan fingerprint density at radius 3 is 2.76 bits per heavy atom. The Balaban J connectivity index is 0.000000288. The third kappa shape index (κ3) is 8.09. The molecule has 0 saturated heterocycles. The predicted molar refractivity (Wildman–Crippen MR) is 120 cm³/mol. The fourth-order valence-corrected chi connectivity index (χ4v) is 2.69. The van der Waals surface area contributed by atoms with E-state index in [1.807, 2.05) is 43.5 Å². The lowest BCUT2D eigenvalue weighted by Crippen LogP contribution is -2.33. The number of aromatic nitrogens is 2. The Labute approximate surface area is 188 Å². The Hall–Kier alpha value is -3.64. The van der Waals surface area contributed by atoms with E-state index in [4.69, 9.17) is 11.6 Å². The second-order valence-corrected chi connectivity index (χ2v) is 6.84. The third-order valence-electron chi connectivity index (χ3n) is 4.35. The van der Waals surface area contributed by atoms with Gasteiger partial charge in [-0.25, -0.2) is 15.5 Å². The first-order valence-corrected chi connectivity index (χ1v) is 9.81. The van der Waals surface area contributed by atoms with Gasteiger partial charge in [0.1, 0.15) is 6.61 Å². The predicted octanol–water partition coefficient (Wildman–Crippen LogP) is 2.56. The van der Waals surface area contributed by atoms with Gasteiger partial charge in [0.15, 0.2) is 12.1 Å². The van der Waals surface area contributed by atoms with E-state index < -0.39 is 12.8 Å². The molecule has 0 fully saturated rings. The molecule has 33 heavy (non-hydrogen) atoms. The number of anilines is 1. The Morgan fingerprint density at radius 1 is 1.33 bits per heavy atom. The number of halogens is 3. The summed E-state index contributed by atoms with van der Waals surface area (Å²) in [6.45, 7) is 0.406. The quantitative estimate of drug-likeness (QED) is 0.117. The van der Waals surface area contributed by atoms with Gasteiger partial charge in [0.05, 0.1) is 30.4 Å². The molecule has 9 nitrogen and oxygen atoms in total. The minimum Gasteiger partial charge on any atom is -0.388 e. The van der Waals surface area contributed by atoms with Gasteiger partial charge in [-0.2, -0.15) is 18.3 Å². The molecule has 0 spiro atoms. The van der Waals surface area contributed by atoms with Crippen LogP contribution in [0.5, 0.6) is 0 Å². The minimum absolute atomic E-state index is 0.0124. The minimum atomic E-state index is -4.35. The highest BCUT2D eigenvalue weighted by Crippen LogP contribution is 2.16. The number of pyridine rings is 1. The molecule has 178 valence electrons. The van der Waals surface area contributed by atoms with Gasteiger partial charge in [-0.1, -0.05) is 18.2 Å². The number of hydrogen-bond donors (Lipinski definition) is 3. The second-order valence-electron chi connectivity index (χ2n) is 6.84. The second kappa shape index (κ2) is 11.8. The van der Waals surface area contributed by atoms with Crippen LogP contribution in [0.2, 0.25) is 0 Å².